The first-order valence-electron chi connectivity index (χ1n) is 4.41. The molecule has 0 rings (SSSR count). The highest BCUT2D eigenvalue weighted by Crippen LogP contribution is 3.02. The molecule has 7 heteroatoms. The van der Waals surface area contributed by atoms with Gasteiger partial charge in [-0.05, 0) is 31.9 Å². The zero-order valence-corrected chi connectivity index (χ0v) is 9.88. The second-order valence-electron chi connectivity index (χ2n) is 3.37. The lowest BCUT2D eigenvalue weighted by Crippen LogP contribution is -2.09. The van der Waals surface area contributed by atoms with Gasteiger partial charge >= 0.3 is 10.2 Å². The fourth-order valence-electron chi connectivity index (χ4n) is 0.844. The molecule has 0 saturated carbocycles. The maximum Gasteiger partial charge on any atom is 0.310 e. The van der Waals surface area contributed by atoms with Crippen LogP contribution in [0.2, 0.25) is 0 Å². The molecule has 0 aliphatic carbocycles. The third-order valence-corrected chi connectivity index (χ3v) is 2.94. The van der Waals surface area contributed by atoms with E-state index in [4.69, 9.17) is 0 Å². The first-order chi connectivity index (χ1) is 6.77. The Labute approximate surface area is 90.7 Å². The first kappa shape index (κ1) is 15.2. The Morgan fingerprint density at radius 3 is 1.81 bits per heavy atom. The van der Waals surface area contributed by atoms with Gasteiger partial charge in [0.2, 0.25) is 0 Å². The molecule has 0 aromatic rings. The third-order valence-electron chi connectivity index (χ3n) is 1.76. The van der Waals surface area contributed by atoms with Crippen molar-refractivity contribution in [1.82, 2.24) is 0 Å². The Balaban J connectivity index is 5.69. The summed E-state index contributed by atoms with van der Waals surface area (Å²) in [5, 5.41) is 0. The zero-order chi connectivity index (χ0) is 13.3. The third kappa shape index (κ3) is 4.78. The summed E-state index contributed by atoms with van der Waals surface area (Å²) in [5.74, 6) is -0.677. The summed E-state index contributed by atoms with van der Waals surface area (Å²) in [6, 6.07) is 0. The maximum absolute atomic E-state index is 12.5. The molecule has 0 saturated heterocycles. The van der Waals surface area contributed by atoms with Crippen LogP contribution in [0.15, 0.2) is 22.6 Å². The lowest BCUT2D eigenvalue weighted by molar-refractivity contribution is -0.113. The fourth-order valence-corrected chi connectivity index (χ4v) is 1.73. The molecule has 0 atom stereocenters. The van der Waals surface area contributed by atoms with Crippen LogP contribution in [0.5, 0.6) is 0 Å². The molecule has 0 aliphatic heterocycles. The van der Waals surface area contributed by atoms with Gasteiger partial charge in [-0.1, -0.05) is 32.4 Å². The molecule has 0 aromatic carbocycles. The van der Waals surface area contributed by atoms with Gasteiger partial charge in [-0.2, -0.15) is 0 Å². The van der Waals surface area contributed by atoms with E-state index in [1.54, 1.807) is 0 Å². The van der Waals surface area contributed by atoms with Gasteiger partial charge < -0.3 is 0 Å². The van der Waals surface area contributed by atoms with Gasteiger partial charge in [-0.15, -0.1) is 0 Å². The van der Waals surface area contributed by atoms with Gasteiger partial charge in [-0.25, -0.2) is 0 Å². The van der Waals surface area contributed by atoms with E-state index >= 15 is 0 Å². The van der Waals surface area contributed by atoms with Crippen molar-refractivity contribution in [2.75, 3.05) is 0 Å². The molecule has 16 heavy (non-hydrogen) atoms. The van der Waals surface area contributed by atoms with E-state index in [1.807, 2.05) is 0 Å². The number of hydrogen-bond acceptors (Lipinski definition) is 1. The molecule has 0 radical (unpaired) electrons. The van der Waals surface area contributed by atoms with Crippen molar-refractivity contribution in [2.45, 2.75) is 27.2 Å². The smallest absolute Gasteiger partial charge is 0.295 e. The molecule has 0 fully saturated rings. The summed E-state index contributed by atoms with van der Waals surface area (Å²) >= 11 is 0. The number of ketones is 1. The highest BCUT2D eigenvalue weighted by atomic mass is 32.5. The topological polar surface area (TPSA) is 17.1 Å². The Kier molecular flexibility index (Phi) is 3.39. The van der Waals surface area contributed by atoms with Crippen LogP contribution in [0.3, 0.4) is 0 Å². The number of Topliss-reactive ketones (excluding diaryl/α,β-unsaturated/α-hetero) is 1. The summed E-state index contributed by atoms with van der Waals surface area (Å²) < 4.78 is 62.3. The molecule has 96 valence electrons. The monoisotopic (exact) mass is 264 g/mol. The van der Waals surface area contributed by atoms with Gasteiger partial charge in [-0.3, -0.25) is 4.79 Å². The number of carbonyl (C=O) groups excluding carboxylic acids is 1. The number of hydrogen-bond donors (Lipinski definition) is 0. The summed E-state index contributed by atoms with van der Waals surface area (Å²) in [6.45, 7) is 3.39. The lowest BCUT2D eigenvalue weighted by atomic mass is 10.2. The number of carbonyl (C=O) groups is 1. The minimum Gasteiger partial charge on any atom is -0.295 e. The SMILES string of the molecule is CCC=C(C=C(C)C(C)=O)S(F)(F)(F)(F)F. The quantitative estimate of drug-likeness (QED) is 0.391. The summed E-state index contributed by atoms with van der Waals surface area (Å²) in [6.07, 6.45) is 0.393. The largest absolute Gasteiger partial charge is 0.310 e. The van der Waals surface area contributed by atoms with Gasteiger partial charge in [0.1, 0.15) is 4.91 Å². The highest BCUT2D eigenvalue weighted by molar-refractivity contribution is 8.48. The molecule has 0 unspecified atom stereocenters. The van der Waals surface area contributed by atoms with E-state index in [2.05, 4.69) is 0 Å². The van der Waals surface area contributed by atoms with E-state index in [9.17, 15) is 24.2 Å². The van der Waals surface area contributed by atoms with E-state index in [0.717, 1.165) is 13.8 Å². The van der Waals surface area contributed by atoms with Crippen LogP contribution >= 0.6 is 10.2 Å². The van der Waals surface area contributed by atoms with Crippen LogP contribution in [0.1, 0.15) is 27.2 Å². The highest BCUT2D eigenvalue weighted by Gasteiger charge is 2.66. The molecule has 0 heterocycles. The van der Waals surface area contributed by atoms with Crippen molar-refractivity contribution >= 4 is 16.0 Å². The lowest BCUT2D eigenvalue weighted by Gasteiger charge is -2.41. The Hall–Kier alpha value is -0.850. The second kappa shape index (κ2) is 3.58. The van der Waals surface area contributed by atoms with Crippen LogP contribution in [0.25, 0.3) is 0 Å². The molecule has 0 bridgehead atoms. The molecular weight excluding hydrogens is 251 g/mol. The molecule has 0 aromatic heterocycles. The van der Waals surface area contributed by atoms with E-state index < -0.39 is 20.9 Å². The Morgan fingerprint density at radius 2 is 1.56 bits per heavy atom. The summed E-state index contributed by atoms with van der Waals surface area (Å²) in [4.78, 5) is 8.72. The molecule has 0 aliphatic rings. The zero-order valence-electron chi connectivity index (χ0n) is 9.07. The molecule has 1 nitrogen and oxygen atoms in total. The second-order valence-corrected chi connectivity index (χ2v) is 5.78. The molecule has 0 amide bonds. The maximum atomic E-state index is 12.5. The Bertz CT molecular complexity index is 362. The van der Waals surface area contributed by atoms with Gasteiger partial charge in [0.15, 0.2) is 5.78 Å². The van der Waals surface area contributed by atoms with Gasteiger partial charge in [0.25, 0.3) is 0 Å². The molecular formula is C9H13F5OS. The van der Waals surface area contributed by atoms with Crippen LogP contribution in [-0.4, -0.2) is 5.78 Å². The fraction of sp³-hybridized carbons (Fsp3) is 0.444. The van der Waals surface area contributed by atoms with Crippen molar-refractivity contribution in [3.63, 3.8) is 0 Å². The van der Waals surface area contributed by atoms with Crippen molar-refractivity contribution in [3.05, 3.63) is 22.6 Å². The van der Waals surface area contributed by atoms with Gasteiger partial charge in [0.05, 0.1) is 0 Å². The van der Waals surface area contributed by atoms with Crippen molar-refractivity contribution < 1.29 is 24.2 Å². The molecule has 0 N–H and O–H groups in total. The van der Waals surface area contributed by atoms with Crippen LogP contribution in [0, 0.1) is 0 Å². The van der Waals surface area contributed by atoms with E-state index in [1.165, 1.54) is 6.92 Å². The molecule has 0 spiro atoms. The average Bonchev–Trinajstić information content (AvgIpc) is 1.98. The van der Waals surface area contributed by atoms with Gasteiger partial charge in [0, 0.05) is 0 Å². The number of rotatable bonds is 4. The van der Waals surface area contributed by atoms with Crippen LogP contribution < -0.4 is 0 Å². The standard InChI is InChI=1S/C9H13F5OS/c1-4-5-9(6-7(2)8(3)15)16(10,11,12,13)14/h5-6H,4H2,1-3H3. The first-order valence-corrected chi connectivity index (χ1v) is 6.36. The minimum atomic E-state index is -9.69. The number of allylic oxidation sites excluding steroid dienone is 3. The van der Waals surface area contributed by atoms with E-state index in [0.29, 0.717) is 6.08 Å². The summed E-state index contributed by atoms with van der Waals surface area (Å²) in [7, 11) is -9.69. The van der Waals surface area contributed by atoms with Crippen LogP contribution in [0.4, 0.5) is 19.4 Å². The van der Waals surface area contributed by atoms with E-state index in [-0.39, 0.29) is 18.1 Å². The minimum absolute atomic E-state index is 0.192. The summed E-state index contributed by atoms with van der Waals surface area (Å²) in [5.41, 5.74) is -0.354. The average molecular weight is 264 g/mol. The predicted octanol–water partition coefficient (Wildman–Crippen LogP) is 5.11. The van der Waals surface area contributed by atoms with Crippen LogP contribution in [-0.2, 0) is 4.79 Å². The van der Waals surface area contributed by atoms with Crippen molar-refractivity contribution in [2.24, 2.45) is 0 Å². The Morgan fingerprint density at radius 1 is 1.12 bits per heavy atom. The predicted molar refractivity (Wildman–Crippen MR) is 55.9 cm³/mol. The van der Waals surface area contributed by atoms with Crippen molar-refractivity contribution in [1.29, 1.82) is 0 Å². The van der Waals surface area contributed by atoms with Crippen molar-refractivity contribution in [3.8, 4) is 0 Å². The normalized spacial score (nSPS) is 19.0. The number of halogens is 5.